The van der Waals surface area contributed by atoms with E-state index >= 15 is 0 Å². The highest BCUT2D eigenvalue weighted by molar-refractivity contribution is 6.29. The summed E-state index contributed by atoms with van der Waals surface area (Å²) in [6.07, 6.45) is 2.91. The van der Waals surface area contributed by atoms with Gasteiger partial charge in [0.05, 0.1) is 76.7 Å². The van der Waals surface area contributed by atoms with Crippen LogP contribution in [0.25, 0.3) is 10.8 Å². The molecule has 3 aromatic carbocycles. The van der Waals surface area contributed by atoms with Crippen LogP contribution in [0.5, 0.6) is 28.7 Å². The Morgan fingerprint density at radius 1 is 0.852 bits per heavy atom. The van der Waals surface area contributed by atoms with Crippen molar-refractivity contribution in [1.82, 2.24) is 9.91 Å². The van der Waals surface area contributed by atoms with Gasteiger partial charge >= 0.3 is 17.7 Å². The Balaban J connectivity index is 0.000000321. The van der Waals surface area contributed by atoms with Crippen LogP contribution in [-0.2, 0) is 38.1 Å². The molecule has 1 aliphatic carbocycles. The molecule has 10 rings (SSSR count). The van der Waals surface area contributed by atoms with E-state index in [0.717, 1.165) is 13.1 Å². The number of amides is 1. The van der Waals surface area contributed by atoms with Crippen LogP contribution in [-0.4, -0.2) is 171 Å². The zero-order valence-electron chi connectivity index (χ0n) is 47.0. The highest BCUT2D eigenvalue weighted by Crippen LogP contribution is 2.55. The Morgan fingerprint density at radius 3 is 2.21 bits per heavy atom. The number of hydrogen-bond acceptors (Lipinski definition) is 21. The summed E-state index contributed by atoms with van der Waals surface area (Å²) < 4.78 is 34.5. The van der Waals surface area contributed by atoms with E-state index in [0.29, 0.717) is 13.1 Å². The van der Waals surface area contributed by atoms with Crippen LogP contribution in [0.4, 0.5) is 5.69 Å². The molecule has 7 N–H and O–H groups in total. The Kier molecular flexibility index (Phi) is 17.2. The number of aromatic hydroxyl groups is 4. The number of phenols is 4. The number of anilines is 1. The first-order chi connectivity index (χ1) is 38.2. The molecule has 0 spiro atoms. The summed E-state index contributed by atoms with van der Waals surface area (Å²) in [6.45, 7) is 16.7. The number of aliphatic hydroxyl groups is 2. The van der Waals surface area contributed by atoms with E-state index in [1.165, 1.54) is 77.6 Å². The van der Waals surface area contributed by atoms with Gasteiger partial charge in [0.25, 0.3) is 11.7 Å². The molecule has 0 aromatic heterocycles. The zero-order chi connectivity index (χ0) is 59.3. The highest BCUT2D eigenvalue weighted by Gasteiger charge is 2.52. The van der Waals surface area contributed by atoms with Crippen molar-refractivity contribution in [3.63, 3.8) is 0 Å². The molecular formula is C59H70N4O18. The van der Waals surface area contributed by atoms with Crippen molar-refractivity contribution >= 4 is 57.9 Å². The number of ether oxygens (including phenoxy) is 6. The molecule has 3 aromatic rings. The predicted octanol–water partition coefficient (Wildman–Crippen LogP) is 5.51. The number of methoxy groups -OCH3 is 1. The number of nitrogens with zero attached hydrogens (tertiary/aromatic N) is 3. The fourth-order valence-electron chi connectivity index (χ4n) is 11.3. The minimum atomic E-state index is -2.04. The lowest BCUT2D eigenvalue weighted by Gasteiger charge is -2.38. The van der Waals surface area contributed by atoms with Gasteiger partial charge in [-0.2, -0.15) is 5.10 Å². The molecule has 3 unspecified atom stereocenters. The lowest BCUT2D eigenvalue weighted by Crippen LogP contribution is -2.46. The number of allylic oxidation sites excluding steroid dienone is 2. The van der Waals surface area contributed by atoms with Crippen molar-refractivity contribution in [2.45, 2.75) is 117 Å². The molecule has 22 heteroatoms. The smallest absolute Gasteiger partial charge is 0.312 e. The van der Waals surface area contributed by atoms with E-state index in [1.54, 1.807) is 51.8 Å². The number of hydrazone groups is 1. The quantitative estimate of drug-likeness (QED) is 0.0733. The van der Waals surface area contributed by atoms with E-state index < -0.39 is 119 Å². The molecular weight excluding hydrogens is 1050 g/mol. The third-order valence-electron chi connectivity index (χ3n) is 16.2. The largest absolute Gasteiger partial charge is 0.507 e. The number of fused-ring (bicyclic) bond motifs is 17. The summed E-state index contributed by atoms with van der Waals surface area (Å²) in [4.78, 5) is 79.6. The van der Waals surface area contributed by atoms with Crippen molar-refractivity contribution in [2.75, 3.05) is 45.7 Å². The monoisotopic (exact) mass is 1120 g/mol. The number of ketones is 3. The van der Waals surface area contributed by atoms with Gasteiger partial charge in [-0.1, -0.05) is 58.1 Å². The van der Waals surface area contributed by atoms with Crippen molar-refractivity contribution in [3.8, 4) is 28.7 Å². The Bertz CT molecular complexity index is 3230. The van der Waals surface area contributed by atoms with Crippen LogP contribution in [0, 0.1) is 30.6 Å². The summed E-state index contributed by atoms with van der Waals surface area (Å²) in [5.74, 6) is -9.86. The first kappa shape index (κ1) is 59.5. The van der Waals surface area contributed by atoms with Gasteiger partial charge in [0, 0.05) is 98.5 Å². The number of Topliss-reactive ketones (excluding diaryl/α,β-unsaturated/α-hetero) is 3. The summed E-state index contributed by atoms with van der Waals surface area (Å²) in [7, 11) is 3.42. The number of aliphatic hydroxyl groups excluding tert-OH is 2. The molecule has 12 atom stereocenters. The standard InChI is InChI=1S/C43H58N4O12.C16H12O6/c1-21-12-11-13-22(2)42(55)45-33-28(20-44-47-17-15-46(9)16-18-47)37(52)30-31(38(33)53)36(51)26(6)40-32(30)41(54)43(8,59-40)57-19-14-29(56-10)23(3)39(58-27(7)48)25(5)35(50)24(4)34(21)49;1-6-11-13(16-9(21-6)5-10(18)22-16)14(19)7-3-2-4-8(17)12(7)15(11)20/h11-14,19-21,23-25,29,34-35,39,49-53H,15-18H2,1-10H3,(H,45,55);2-4,6,9,16-17H,5H2,1H3/b12-11+,19-14+,22-13-,44-20+;/t21-,23+,24+,25+,29-,34-,35+,39+,43-;/m0./s1. The van der Waals surface area contributed by atoms with E-state index in [1.807, 2.05) is 7.05 Å². The van der Waals surface area contributed by atoms with E-state index in [9.17, 15) is 59.4 Å². The maximum atomic E-state index is 14.4. The number of likely N-dealkylation sites (N-methyl/N-ethyl adjacent to an activating group) is 1. The maximum absolute atomic E-state index is 14.4. The van der Waals surface area contributed by atoms with Gasteiger partial charge in [-0.05, 0) is 40.0 Å². The molecule has 81 heavy (non-hydrogen) atoms. The van der Waals surface area contributed by atoms with Crippen LogP contribution >= 0.6 is 0 Å². The molecule has 22 nitrogen and oxygen atoms in total. The average molecular weight is 1120 g/mol. The van der Waals surface area contributed by atoms with Gasteiger partial charge in [-0.15, -0.1) is 0 Å². The first-order valence-corrected chi connectivity index (χ1v) is 26.8. The number of benzene rings is 3. The number of phenolic OH excluding ortho intramolecular Hbond substituents is 4. The second-order valence-electron chi connectivity index (χ2n) is 21.7. The van der Waals surface area contributed by atoms with Gasteiger partial charge in [0.15, 0.2) is 23.4 Å². The van der Waals surface area contributed by atoms with E-state index in [4.69, 9.17) is 28.4 Å². The topological polar surface area (TPSA) is 310 Å². The Labute approximate surface area is 467 Å². The lowest BCUT2D eigenvalue weighted by molar-refractivity contribution is -0.160. The van der Waals surface area contributed by atoms with Crippen LogP contribution in [0.15, 0.2) is 70.6 Å². The van der Waals surface area contributed by atoms with E-state index in [-0.39, 0.29) is 84.7 Å². The van der Waals surface area contributed by atoms with E-state index in [2.05, 4.69) is 15.3 Å². The fourth-order valence-corrected chi connectivity index (χ4v) is 11.3. The molecule has 0 radical (unpaired) electrons. The van der Waals surface area contributed by atoms with Crippen LogP contribution in [0.1, 0.15) is 104 Å². The number of piperazine rings is 1. The van der Waals surface area contributed by atoms with Gasteiger partial charge in [0.1, 0.15) is 35.2 Å². The number of hydrogen-bond donors (Lipinski definition) is 7. The van der Waals surface area contributed by atoms with Gasteiger partial charge in [0.2, 0.25) is 0 Å². The number of carbonyl (C=O) groups is 6. The van der Waals surface area contributed by atoms with Crippen LogP contribution in [0.3, 0.4) is 0 Å². The highest BCUT2D eigenvalue weighted by atomic mass is 16.7. The normalized spacial score (nSPS) is 31.5. The van der Waals surface area contributed by atoms with Gasteiger partial charge in [-0.3, -0.25) is 33.8 Å². The molecule has 6 heterocycles. The van der Waals surface area contributed by atoms with Crippen molar-refractivity contribution in [2.24, 2.45) is 28.8 Å². The lowest BCUT2D eigenvalue weighted by atomic mass is 9.77. The second-order valence-corrected chi connectivity index (χ2v) is 21.7. The number of esters is 2. The number of rotatable bonds is 4. The predicted molar refractivity (Wildman–Crippen MR) is 293 cm³/mol. The molecule has 0 saturated carbocycles. The summed E-state index contributed by atoms with van der Waals surface area (Å²) in [6, 6.07) is 4.36. The van der Waals surface area contributed by atoms with Crippen LogP contribution in [0.2, 0.25) is 0 Å². The molecule has 2 saturated heterocycles. The SMILES string of the molecule is CC1OC2CC(=O)OC2C2=C1C(=O)c1c(O)cccc1C2=O.CO[C@H]1/C=C/O[C@@]2(C)Oc3c(C)c(O)c4c(O)c(c(/C=N/N5CCN(C)CC5)c(O)c4c3C2=O)NC(=O)/C(C)=C\C=C\[C@H](C)[C@H](O)[C@@H](C)[C@@H](O)[C@@H](C)[C@H](OC(C)=O)[C@@H]1C. The summed E-state index contributed by atoms with van der Waals surface area (Å²) in [5, 5.41) is 76.8. The zero-order valence-corrected chi connectivity index (χ0v) is 47.0. The van der Waals surface area contributed by atoms with Gasteiger partial charge < -0.3 is 69.3 Å². The summed E-state index contributed by atoms with van der Waals surface area (Å²) >= 11 is 0. The van der Waals surface area contributed by atoms with Crippen molar-refractivity contribution in [3.05, 3.63) is 93.3 Å². The number of carbonyl (C=O) groups excluding carboxylic acids is 6. The van der Waals surface area contributed by atoms with Gasteiger partial charge in [-0.25, -0.2) is 0 Å². The Hall–Kier alpha value is -7.63. The third kappa shape index (κ3) is 11.1. The molecule has 5 bridgehead atoms. The average Bonchev–Trinajstić information content (AvgIpc) is 4.08. The minimum Gasteiger partial charge on any atom is -0.507 e. The Morgan fingerprint density at radius 2 is 1.54 bits per heavy atom. The number of nitrogens with one attached hydrogen (secondary N) is 1. The fraction of sp³-hybridized carbons (Fsp3) is 0.475. The molecule has 434 valence electrons. The first-order valence-electron chi connectivity index (χ1n) is 26.8. The maximum Gasteiger partial charge on any atom is 0.312 e. The molecule has 2 fully saturated rings. The minimum absolute atomic E-state index is 0.00975. The van der Waals surface area contributed by atoms with Crippen LogP contribution < -0.4 is 10.1 Å². The third-order valence-corrected chi connectivity index (χ3v) is 16.2. The molecule has 1 amide bonds. The summed E-state index contributed by atoms with van der Waals surface area (Å²) in [5.41, 5.74) is 0.147. The second kappa shape index (κ2) is 23.5. The molecule has 6 aliphatic heterocycles. The van der Waals surface area contributed by atoms with Crippen molar-refractivity contribution in [1.29, 1.82) is 0 Å². The van der Waals surface area contributed by atoms with Crippen molar-refractivity contribution < 1.29 is 87.8 Å². The molecule has 7 aliphatic rings.